The zero-order valence-electron chi connectivity index (χ0n) is 14.7. The van der Waals surface area contributed by atoms with Gasteiger partial charge in [0.05, 0.1) is 5.56 Å². The van der Waals surface area contributed by atoms with Gasteiger partial charge in [0.25, 0.3) is 5.91 Å². The van der Waals surface area contributed by atoms with E-state index < -0.39 is 0 Å². The number of carbonyl (C=O) groups is 1. The van der Waals surface area contributed by atoms with Crippen molar-refractivity contribution >= 4 is 17.3 Å². The van der Waals surface area contributed by atoms with Crippen LogP contribution in [0.15, 0.2) is 48.5 Å². The van der Waals surface area contributed by atoms with Crippen LogP contribution in [0.1, 0.15) is 43.1 Å². The molecule has 0 radical (unpaired) electrons. The van der Waals surface area contributed by atoms with E-state index in [9.17, 15) is 4.79 Å². The van der Waals surface area contributed by atoms with E-state index in [1.54, 1.807) is 6.07 Å². The number of aryl methyl sites for hydroxylation is 1. The Bertz CT molecular complexity index is 668. The number of hydrogen-bond acceptors (Lipinski definition) is 3. The lowest BCUT2D eigenvalue weighted by atomic mass is 10.0. The van der Waals surface area contributed by atoms with Gasteiger partial charge in [-0.05, 0) is 57.4 Å². The summed E-state index contributed by atoms with van der Waals surface area (Å²) in [5.41, 5.74) is 9.18. The van der Waals surface area contributed by atoms with Crippen molar-refractivity contribution in [3.8, 4) is 0 Å². The number of benzene rings is 2. The minimum absolute atomic E-state index is 0.0854. The Kier molecular flexibility index (Phi) is 6.24. The summed E-state index contributed by atoms with van der Waals surface area (Å²) in [5.74, 6) is -0.102. The van der Waals surface area contributed by atoms with Gasteiger partial charge >= 0.3 is 0 Å². The van der Waals surface area contributed by atoms with Crippen molar-refractivity contribution in [2.45, 2.75) is 45.7 Å². The van der Waals surface area contributed by atoms with E-state index in [1.165, 1.54) is 5.56 Å². The third kappa shape index (κ3) is 5.30. The molecule has 0 saturated carbocycles. The second-order valence-electron chi connectivity index (χ2n) is 6.50. The molecule has 0 unspecified atom stereocenters. The fourth-order valence-corrected chi connectivity index (χ4v) is 2.58. The predicted molar refractivity (Wildman–Crippen MR) is 101 cm³/mol. The molecule has 4 nitrogen and oxygen atoms in total. The van der Waals surface area contributed by atoms with Crippen LogP contribution in [0.25, 0.3) is 0 Å². The summed E-state index contributed by atoms with van der Waals surface area (Å²) in [6, 6.07) is 16.2. The summed E-state index contributed by atoms with van der Waals surface area (Å²) in [4.78, 5) is 12.4. The highest BCUT2D eigenvalue weighted by atomic mass is 16.1. The highest BCUT2D eigenvalue weighted by Crippen LogP contribution is 2.21. The van der Waals surface area contributed by atoms with Crippen LogP contribution in [0.5, 0.6) is 0 Å². The molecule has 2 rings (SSSR count). The molecule has 0 spiro atoms. The number of nitrogens with two attached hydrogens (primary N) is 1. The van der Waals surface area contributed by atoms with E-state index in [0.717, 1.165) is 18.5 Å². The summed E-state index contributed by atoms with van der Waals surface area (Å²) < 4.78 is 0. The fourth-order valence-electron chi connectivity index (χ4n) is 2.58. The number of hydrogen-bond donors (Lipinski definition) is 3. The molecule has 0 fully saturated rings. The van der Waals surface area contributed by atoms with Crippen LogP contribution in [0, 0.1) is 0 Å². The minimum atomic E-state index is -0.102. The maximum Gasteiger partial charge on any atom is 0.253 e. The fraction of sp³-hybridized carbons (Fsp3) is 0.350. The van der Waals surface area contributed by atoms with Gasteiger partial charge in [-0.2, -0.15) is 0 Å². The lowest BCUT2D eigenvalue weighted by molar-refractivity contribution is 0.0944. The van der Waals surface area contributed by atoms with Gasteiger partial charge in [-0.25, -0.2) is 0 Å². The van der Waals surface area contributed by atoms with E-state index in [2.05, 4.69) is 41.8 Å². The van der Waals surface area contributed by atoms with E-state index >= 15 is 0 Å². The first kappa shape index (κ1) is 17.9. The van der Waals surface area contributed by atoms with Crippen LogP contribution in [0.2, 0.25) is 0 Å². The molecule has 0 aromatic heterocycles. The van der Waals surface area contributed by atoms with Crippen LogP contribution in [-0.2, 0) is 6.42 Å². The lowest BCUT2D eigenvalue weighted by Crippen LogP contribution is -2.31. The summed E-state index contributed by atoms with van der Waals surface area (Å²) >= 11 is 0. The number of anilines is 2. The first-order chi connectivity index (χ1) is 11.5. The Labute approximate surface area is 144 Å². The molecular formula is C20H27N3O. The van der Waals surface area contributed by atoms with Crippen molar-refractivity contribution in [3.63, 3.8) is 0 Å². The molecule has 4 heteroatoms. The lowest BCUT2D eigenvalue weighted by Gasteiger charge is -2.19. The van der Waals surface area contributed by atoms with Crippen LogP contribution in [0.4, 0.5) is 11.4 Å². The van der Waals surface area contributed by atoms with Gasteiger partial charge in [-0.15, -0.1) is 0 Å². The van der Waals surface area contributed by atoms with Gasteiger partial charge in [0.2, 0.25) is 0 Å². The van der Waals surface area contributed by atoms with Crippen molar-refractivity contribution in [1.29, 1.82) is 0 Å². The number of nitrogens with one attached hydrogen (secondary N) is 2. The molecule has 0 bridgehead atoms. The first-order valence-electron chi connectivity index (χ1n) is 8.46. The summed E-state index contributed by atoms with van der Waals surface area (Å²) in [7, 11) is 0. The molecule has 0 aliphatic carbocycles. The molecule has 4 N–H and O–H groups in total. The topological polar surface area (TPSA) is 67.2 Å². The van der Waals surface area contributed by atoms with E-state index in [1.807, 2.05) is 32.0 Å². The van der Waals surface area contributed by atoms with E-state index in [4.69, 9.17) is 5.73 Å². The minimum Gasteiger partial charge on any atom is -0.399 e. The van der Waals surface area contributed by atoms with Crippen LogP contribution < -0.4 is 16.4 Å². The quantitative estimate of drug-likeness (QED) is 0.678. The van der Waals surface area contributed by atoms with Gasteiger partial charge < -0.3 is 16.4 Å². The highest BCUT2D eigenvalue weighted by Gasteiger charge is 2.14. The van der Waals surface area contributed by atoms with Crippen molar-refractivity contribution in [3.05, 3.63) is 59.7 Å². The summed E-state index contributed by atoms with van der Waals surface area (Å²) in [5, 5.41) is 6.37. The van der Waals surface area contributed by atoms with Gasteiger partial charge in [0.15, 0.2) is 0 Å². The molecule has 1 atom stereocenters. The van der Waals surface area contributed by atoms with Crippen molar-refractivity contribution in [2.75, 3.05) is 11.1 Å². The molecule has 2 aromatic rings. The monoisotopic (exact) mass is 325 g/mol. The van der Waals surface area contributed by atoms with Gasteiger partial charge in [0, 0.05) is 23.5 Å². The molecular weight excluding hydrogens is 298 g/mol. The Hall–Kier alpha value is -2.49. The maximum atomic E-state index is 12.4. The molecule has 0 saturated heterocycles. The molecule has 0 aliphatic rings. The summed E-state index contributed by atoms with van der Waals surface area (Å²) in [6.45, 7) is 6.02. The Morgan fingerprint density at radius 1 is 1.08 bits per heavy atom. The second kappa shape index (κ2) is 8.39. The highest BCUT2D eigenvalue weighted by molar-refractivity contribution is 6.00. The van der Waals surface area contributed by atoms with Crippen LogP contribution >= 0.6 is 0 Å². The average molecular weight is 325 g/mol. The van der Waals surface area contributed by atoms with Crippen molar-refractivity contribution in [2.24, 2.45) is 0 Å². The third-order valence-electron chi connectivity index (χ3n) is 3.82. The standard InChI is InChI=1S/C20H27N3O/c1-14(2)22-20(24)18-13-17(21)11-12-19(18)23-15(3)9-10-16-7-5-4-6-8-16/h4-8,11-15,23H,9-10,21H2,1-3H3,(H,22,24)/t15-/m1/s1. The Balaban J connectivity index is 2.04. The largest absolute Gasteiger partial charge is 0.399 e. The predicted octanol–water partition coefficient (Wildman–Crippen LogP) is 3.84. The third-order valence-corrected chi connectivity index (χ3v) is 3.82. The molecule has 128 valence electrons. The molecule has 1 amide bonds. The van der Waals surface area contributed by atoms with Crippen molar-refractivity contribution in [1.82, 2.24) is 5.32 Å². The molecule has 24 heavy (non-hydrogen) atoms. The maximum absolute atomic E-state index is 12.4. The van der Waals surface area contributed by atoms with Gasteiger partial charge in [-0.1, -0.05) is 30.3 Å². The Morgan fingerprint density at radius 2 is 1.79 bits per heavy atom. The SMILES string of the molecule is CC(C)NC(=O)c1cc(N)ccc1N[C@H](C)CCc1ccccc1. The smallest absolute Gasteiger partial charge is 0.253 e. The van der Waals surface area contributed by atoms with Gasteiger partial charge in [0.1, 0.15) is 0 Å². The van der Waals surface area contributed by atoms with Gasteiger partial charge in [-0.3, -0.25) is 4.79 Å². The second-order valence-corrected chi connectivity index (χ2v) is 6.50. The summed E-state index contributed by atoms with van der Waals surface area (Å²) in [6.07, 6.45) is 1.98. The number of amides is 1. The number of nitrogen functional groups attached to an aromatic ring is 1. The van der Waals surface area contributed by atoms with Crippen LogP contribution in [0.3, 0.4) is 0 Å². The molecule has 0 aliphatic heterocycles. The number of rotatable bonds is 7. The van der Waals surface area contributed by atoms with Crippen LogP contribution in [-0.4, -0.2) is 18.0 Å². The van der Waals surface area contributed by atoms with E-state index in [0.29, 0.717) is 11.3 Å². The zero-order chi connectivity index (χ0) is 17.5. The average Bonchev–Trinajstić information content (AvgIpc) is 2.55. The zero-order valence-corrected chi connectivity index (χ0v) is 14.7. The Morgan fingerprint density at radius 3 is 2.46 bits per heavy atom. The normalized spacial score (nSPS) is 12.0. The number of carbonyl (C=O) groups excluding carboxylic acids is 1. The van der Waals surface area contributed by atoms with Crippen molar-refractivity contribution < 1.29 is 4.79 Å². The first-order valence-corrected chi connectivity index (χ1v) is 8.46. The molecule has 2 aromatic carbocycles. The molecule has 0 heterocycles. The van der Waals surface area contributed by atoms with E-state index in [-0.39, 0.29) is 18.0 Å².